The Morgan fingerprint density at radius 1 is 0.321 bits per heavy atom. The number of hydrogen-bond acceptors (Lipinski definition) is 4. The Kier molecular flexibility index (Phi) is 6.52. The molecule has 2 heterocycles. The Morgan fingerprint density at radius 3 is 1.75 bits per heavy atom. The standard InChI is InChI=1S/C49H29N3O/c1-3-15-37-30(10-1)23-25-34-29-36(26-27-38(34)37)48-50-47(51-49(52-48)43-20-9-19-42-41-17-5-6-21-44(41)53-46(42)43)35-14-7-13-33(28-35)40-18-8-12-32-24-22-31-11-2-4-16-39(31)45(32)40/h1-29H. The maximum atomic E-state index is 6.48. The second kappa shape index (κ2) is 11.7. The molecule has 11 rings (SSSR count). The van der Waals surface area contributed by atoms with E-state index in [0.29, 0.717) is 17.5 Å². The van der Waals surface area contributed by atoms with Crippen LogP contribution in [-0.4, -0.2) is 15.0 Å². The average Bonchev–Trinajstić information content (AvgIpc) is 3.62. The lowest BCUT2D eigenvalue weighted by Gasteiger charge is -2.13. The largest absolute Gasteiger partial charge is 0.455 e. The predicted octanol–water partition coefficient (Wildman–Crippen LogP) is 13.1. The highest BCUT2D eigenvalue weighted by Crippen LogP contribution is 2.38. The molecule has 0 fully saturated rings. The van der Waals surface area contributed by atoms with E-state index in [2.05, 4.69) is 152 Å². The lowest BCUT2D eigenvalue weighted by molar-refractivity contribution is 0.669. The van der Waals surface area contributed by atoms with Crippen molar-refractivity contribution in [2.75, 3.05) is 0 Å². The SMILES string of the molecule is c1cc(-c2nc(-c3ccc4c(ccc5ccccc54)c3)nc(-c3cccc4c3oc3ccccc34)n2)cc(-c2cccc3ccc4ccccc4c23)c1. The molecular formula is C49H29N3O. The third kappa shape index (κ3) is 4.80. The third-order valence-electron chi connectivity index (χ3n) is 10.5. The van der Waals surface area contributed by atoms with Crippen molar-refractivity contribution in [2.45, 2.75) is 0 Å². The van der Waals surface area contributed by atoms with E-state index in [1.807, 2.05) is 24.3 Å². The molecule has 0 aliphatic rings. The van der Waals surface area contributed by atoms with Crippen LogP contribution in [-0.2, 0) is 0 Å². The number of aromatic nitrogens is 3. The maximum Gasteiger partial charge on any atom is 0.167 e. The monoisotopic (exact) mass is 675 g/mol. The Labute approximate surface area is 304 Å². The summed E-state index contributed by atoms with van der Waals surface area (Å²) < 4.78 is 6.48. The van der Waals surface area contributed by atoms with Gasteiger partial charge in [-0.1, -0.05) is 152 Å². The summed E-state index contributed by atoms with van der Waals surface area (Å²) in [6.45, 7) is 0. The molecule has 0 N–H and O–H groups in total. The first-order chi connectivity index (χ1) is 26.2. The van der Waals surface area contributed by atoms with Crippen molar-refractivity contribution in [2.24, 2.45) is 0 Å². The Bertz CT molecular complexity index is 3250. The number of fused-ring (bicyclic) bond motifs is 9. The molecule has 0 radical (unpaired) electrons. The molecule has 0 atom stereocenters. The molecule has 4 nitrogen and oxygen atoms in total. The third-order valence-corrected chi connectivity index (χ3v) is 10.5. The van der Waals surface area contributed by atoms with Crippen LogP contribution in [0.4, 0.5) is 0 Å². The van der Waals surface area contributed by atoms with Crippen molar-refractivity contribution >= 4 is 65.0 Å². The molecule has 0 saturated heterocycles. The molecule has 0 spiro atoms. The minimum Gasteiger partial charge on any atom is -0.455 e. The minimum atomic E-state index is 0.565. The predicted molar refractivity (Wildman–Crippen MR) is 219 cm³/mol. The highest BCUT2D eigenvalue weighted by molar-refractivity contribution is 6.14. The second-order valence-electron chi connectivity index (χ2n) is 13.6. The van der Waals surface area contributed by atoms with Gasteiger partial charge in [-0.2, -0.15) is 0 Å². The number of hydrogen-bond donors (Lipinski definition) is 0. The zero-order valence-electron chi connectivity index (χ0n) is 28.5. The summed E-state index contributed by atoms with van der Waals surface area (Å²) in [4.78, 5) is 15.5. The van der Waals surface area contributed by atoms with Gasteiger partial charge in [-0.3, -0.25) is 0 Å². The normalized spacial score (nSPS) is 11.8. The highest BCUT2D eigenvalue weighted by atomic mass is 16.3. The molecule has 9 aromatic carbocycles. The van der Waals surface area contributed by atoms with Crippen molar-refractivity contribution in [3.8, 4) is 45.3 Å². The second-order valence-corrected chi connectivity index (χ2v) is 13.6. The first-order valence-electron chi connectivity index (χ1n) is 17.9. The van der Waals surface area contributed by atoms with Crippen molar-refractivity contribution in [1.29, 1.82) is 0 Å². The van der Waals surface area contributed by atoms with Crippen LogP contribution in [0.25, 0.3) is 110 Å². The van der Waals surface area contributed by atoms with Gasteiger partial charge in [-0.05, 0) is 78.5 Å². The molecule has 246 valence electrons. The summed E-state index contributed by atoms with van der Waals surface area (Å²) in [5, 5.41) is 11.8. The van der Waals surface area contributed by atoms with E-state index >= 15 is 0 Å². The van der Waals surface area contributed by atoms with Gasteiger partial charge < -0.3 is 4.42 Å². The molecule has 0 bridgehead atoms. The van der Waals surface area contributed by atoms with E-state index in [1.165, 1.54) is 43.3 Å². The molecule has 0 amide bonds. The van der Waals surface area contributed by atoms with Crippen LogP contribution in [0.1, 0.15) is 0 Å². The van der Waals surface area contributed by atoms with Crippen molar-refractivity contribution in [1.82, 2.24) is 15.0 Å². The summed E-state index contributed by atoms with van der Waals surface area (Å²) >= 11 is 0. The number of benzene rings is 9. The van der Waals surface area contributed by atoms with Crippen LogP contribution in [0.15, 0.2) is 180 Å². The summed E-state index contributed by atoms with van der Waals surface area (Å²) in [6, 6.07) is 61.7. The van der Waals surface area contributed by atoms with Crippen molar-refractivity contribution < 1.29 is 4.42 Å². The Hall–Kier alpha value is -7.17. The van der Waals surface area contributed by atoms with Gasteiger partial charge in [-0.25, -0.2) is 15.0 Å². The topological polar surface area (TPSA) is 51.8 Å². The van der Waals surface area contributed by atoms with Crippen LogP contribution in [0.2, 0.25) is 0 Å². The average molecular weight is 676 g/mol. The van der Waals surface area contributed by atoms with Crippen LogP contribution in [0, 0.1) is 0 Å². The van der Waals surface area contributed by atoms with Gasteiger partial charge in [0.25, 0.3) is 0 Å². The molecule has 11 aromatic rings. The van der Waals surface area contributed by atoms with Gasteiger partial charge in [0.15, 0.2) is 17.5 Å². The Morgan fingerprint density at radius 2 is 0.887 bits per heavy atom. The van der Waals surface area contributed by atoms with E-state index in [1.54, 1.807) is 0 Å². The van der Waals surface area contributed by atoms with Gasteiger partial charge >= 0.3 is 0 Å². The van der Waals surface area contributed by atoms with E-state index in [9.17, 15) is 0 Å². The molecular weight excluding hydrogens is 647 g/mol. The quantitative estimate of drug-likeness (QED) is 0.174. The van der Waals surface area contributed by atoms with Gasteiger partial charge in [-0.15, -0.1) is 0 Å². The molecule has 0 unspecified atom stereocenters. The van der Waals surface area contributed by atoms with Crippen LogP contribution >= 0.6 is 0 Å². The molecule has 0 saturated carbocycles. The fourth-order valence-corrected chi connectivity index (χ4v) is 7.96. The fourth-order valence-electron chi connectivity index (χ4n) is 7.96. The fraction of sp³-hybridized carbons (Fsp3) is 0. The Balaban J connectivity index is 1.13. The lowest BCUT2D eigenvalue weighted by Crippen LogP contribution is -2.00. The van der Waals surface area contributed by atoms with E-state index in [-0.39, 0.29) is 0 Å². The van der Waals surface area contributed by atoms with Crippen LogP contribution < -0.4 is 0 Å². The summed E-state index contributed by atoms with van der Waals surface area (Å²) in [6.07, 6.45) is 0. The maximum absolute atomic E-state index is 6.48. The van der Waals surface area contributed by atoms with Crippen molar-refractivity contribution in [3.63, 3.8) is 0 Å². The number of furan rings is 1. The zero-order chi connectivity index (χ0) is 34.9. The molecule has 2 aromatic heterocycles. The first-order valence-corrected chi connectivity index (χ1v) is 17.9. The van der Waals surface area contributed by atoms with Gasteiger partial charge in [0.05, 0.1) is 5.56 Å². The first kappa shape index (κ1) is 29.5. The highest BCUT2D eigenvalue weighted by Gasteiger charge is 2.19. The van der Waals surface area contributed by atoms with Crippen molar-refractivity contribution in [3.05, 3.63) is 176 Å². The number of rotatable bonds is 4. The smallest absolute Gasteiger partial charge is 0.167 e. The van der Waals surface area contributed by atoms with Gasteiger partial charge in [0.2, 0.25) is 0 Å². The van der Waals surface area contributed by atoms with Gasteiger partial charge in [0, 0.05) is 21.9 Å². The van der Waals surface area contributed by atoms with Crippen LogP contribution in [0.5, 0.6) is 0 Å². The van der Waals surface area contributed by atoms with Gasteiger partial charge in [0.1, 0.15) is 11.2 Å². The number of para-hydroxylation sites is 2. The summed E-state index contributed by atoms with van der Waals surface area (Å²) in [5.74, 6) is 1.77. The summed E-state index contributed by atoms with van der Waals surface area (Å²) in [7, 11) is 0. The minimum absolute atomic E-state index is 0.565. The molecule has 0 aliphatic heterocycles. The lowest BCUT2D eigenvalue weighted by atomic mass is 9.93. The number of nitrogens with zero attached hydrogens (tertiary/aromatic N) is 3. The molecule has 53 heavy (non-hydrogen) atoms. The molecule has 4 heteroatoms. The zero-order valence-corrected chi connectivity index (χ0v) is 28.5. The molecule has 0 aliphatic carbocycles. The van der Waals surface area contributed by atoms with Crippen LogP contribution in [0.3, 0.4) is 0 Å². The van der Waals surface area contributed by atoms with E-state index in [4.69, 9.17) is 19.4 Å². The summed E-state index contributed by atoms with van der Waals surface area (Å²) in [5.41, 5.74) is 6.53. The van der Waals surface area contributed by atoms with E-state index in [0.717, 1.165) is 49.6 Å². The van der Waals surface area contributed by atoms with E-state index < -0.39 is 0 Å².